The van der Waals surface area contributed by atoms with Crippen molar-refractivity contribution in [2.75, 3.05) is 12.3 Å². The molecule has 77 valence electrons. The fourth-order valence-electron chi connectivity index (χ4n) is 1.36. The molecule has 1 heterocycles. The molecule has 0 aliphatic heterocycles. The summed E-state index contributed by atoms with van der Waals surface area (Å²) in [7, 11) is 0. The molecular weight excluding hydrogens is 188 g/mol. The van der Waals surface area contributed by atoms with Crippen LogP contribution in [-0.4, -0.2) is 16.3 Å². The largest absolute Gasteiger partial charge is 0.399 e. The quantitative estimate of drug-likeness (QED) is 0.724. The lowest BCUT2D eigenvalue weighted by atomic mass is 10.1. The van der Waals surface area contributed by atoms with Gasteiger partial charge >= 0.3 is 0 Å². The van der Waals surface area contributed by atoms with Gasteiger partial charge < -0.3 is 11.5 Å². The Morgan fingerprint density at radius 3 is 2.67 bits per heavy atom. The number of nitrogens with two attached hydrogens (primary N) is 2. The Morgan fingerprint density at radius 2 is 2.00 bits per heavy atom. The number of rotatable bonds is 3. The number of benzene rings is 1. The van der Waals surface area contributed by atoms with Crippen LogP contribution in [0.3, 0.4) is 0 Å². The van der Waals surface area contributed by atoms with Crippen LogP contribution in [-0.2, 0) is 6.54 Å². The first-order valence-corrected chi connectivity index (χ1v) is 4.81. The molecule has 0 atom stereocenters. The zero-order chi connectivity index (χ0) is 10.7. The maximum absolute atomic E-state index is 5.61. The van der Waals surface area contributed by atoms with Crippen LogP contribution in [0.5, 0.6) is 0 Å². The molecule has 0 saturated carbocycles. The van der Waals surface area contributed by atoms with Gasteiger partial charge in [0.1, 0.15) is 0 Å². The molecule has 4 heteroatoms. The van der Waals surface area contributed by atoms with Crippen LogP contribution in [0, 0.1) is 6.20 Å². The number of nitrogen functional groups attached to an aromatic ring is 1. The zero-order valence-corrected chi connectivity index (χ0v) is 8.35. The van der Waals surface area contributed by atoms with Crippen LogP contribution >= 0.6 is 0 Å². The highest BCUT2D eigenvalue weighted by molar-refractivity contribution is 5.61. The van der Waals surface area contributed by atoms with Gasteiger partial charge in [-0.1, -0.05) is 12.1 Å². The van der Waals surface area contributed by atoms with E-state index in [0.29, 0.717) is 13.1 Å². The van der Waals surface area contributed by atoms with Crippen LogP contribution in [0.1, 0.15) is 0 Å². The van der Waals surface area contributed by atoms with Gasteiger partial charge in [-0.25, -0.2) is 0 Å². The van der Waals surface area contributed by atoms with E-state index in [1.54, 1.807) is 4.68 Å². The average Bonchev–Trinajstić information content (AvgIpc) is 2.68. The minimum Gasteiger partial charge on any atom is -0.399 e. The molecule has 0 fully saturated rings. The van der Waals surface area contributed by atoms with Crippen molar-refractivity contribution < 1.29 is 0 Å². The molecule has 0 unspecified atom stereocenters. The summed E-state index contributed by atoms with van der Waals surface area (Å²) in [4.78, 5) is 0. The van der Waals surface area contributed by atoms with Gasteiger partial charge in [0.15, 0.2) is 0 Å². The second-order valence-electron chi connectivity index (χ2n) is 3.29. The minimum absolute atomic E-state index is 0.569. The Morgan fingerprint density at radius 1 is 1.27 bits per heavy atom. The molecule has 4 nitrogen and oxygen atoms in total. The lowest BCUT2D eigenvalue weighted by molar-refractivity contribution is 0.623. The van der Waals surface area contributed by atoms with Gasteiger partial charge in [-0.3, -0.25) is 4.68 Å². The van der Waals surface area contributed by atoms with Crippen molar-refractivity contribution in [1.29, 1.82) is 0 Å². The zero-order valence-electron chi connectivity index (χ0n) is 8.35. The van der Waals surface area contributed by atoms with E-state index >= 15 is 0 Å². The summed E-state index contributed by atoms with van der Waals surface area (Å²) in [5.41, 5.74) is 13.7. The summed E-state index contributed by atoms with van der Waals surface area (Å²) in [6, 6.07) is 9.45. The van der Waals surface area contributed by atoms with Gasteiger partial charge in [-0.15, -0.1) is 0 Å². The molecule has 2 rings (SSSR count). The van der Waals surface area contributed by atoms with Gasteiger partial charge in [0.2, 0.25) is 0 Å². The number of aromatic nitrogens is 2. The number of nitrogens with zero attached hydrogens (tertiary/aromatic N) is 2. The van der Waals surface area contributed by atoms with Gasteiger partial charge in [0.05, 0.1) is 18.4 Å². The smallest absolute Gasteiger partial charge is 0.0930 e. The molecule has 1 aromatic heterocycles. The third kappa shape index (κ3) is 2.16. The summed E-state index contributed by atoms with van der Waals surface area (Å²) < 4.78 is 1.71. The van der Waals surface area contributed by atoms with E-state index in [2.05, 4.69) is 11.3 Å². The highest BCUT2D eigenvalue weighted by Crippen LogP contribution is 2.17. The number of hydrogen-bond acceptors (Lipinski definition) is 3. The molecule has 0 saturated heterocycles. The summed E-state index contributed by atoms with van der Waals surface area (Å²) in [6.45, 7) is 1.26. The Kier molecular flexibility index (Phi) is 2.69. The fraction of sp³-hybridized carbons (Fsp3) is 0.182. The van der Waals surface area contributed by atoms with Crippen LogP contribution in [0.15, 0.2) is 30.3 Å². The maximum atomic E-state index is 5.61. The number of hydrogen-bond donors (Lipinski definition) is 2. The summed E-state index contributed by atoms with van der Waals surface area (Å²) >= 11 is 0. The van der Waals surface area contributed by atoms with E-state index in [9.17, 15) is 0 Å². The van der Waals surface area contributed by atoms with Crippen LogP contribution in [0.2, 0.25) is 0 Å². The summed E-state index contributed by atoms with van der Waals surface area (Å²) in [5, 5.41) is 4.34. The first kappa shape index (κ1) is 9.73. The SMILES string of the molecule is NCCn1[c]cc(-c2ccc(N)cc2)n1. The third-order valence-electron chi connectivity index (χ3n) is 2.13. The van der Waals surface area contributed by atoms with Crippen molar-refractivity contribution in [1.82, 2.24) is 9.78 Å². The van der Waals surface area contributed by atoms with Crippen LogP contribution < -0.4 is 11.5 Å². The standard InChI is InChI=1S/C11H13N4/c12-6-8-15-7-5-11(14-15)9-1-3-10(13)4-2-9/h1-5H,6,8,12-13H2. The predicted octanol–water partition coefficient (Wildman–Crippen LogP) is 0.891. The second-order valence-corrected chi connectivity index (χ2v) is 3.29. The van der Waals surface area contributed by atoms with Crippen molar-refractivity contribution >= 4 is 5.69 Å². The van der Waals surface area contributed by atoms with E-state index in [1.807, 2.05) is 30.3 Å². The fourth-order valence-corrected chi connectivity index (χ4v) is 1.36. The van der Waals surface area contributed by atoms with E-state index < -0.39 is 0 Å². The van der Waals surface area contributed by atoms with Gasteiger partial charge in [-0.05, 0) is 18.2 Å². The molecule has 0 aliphatic rings. The van der Waals surface area contributed by atoms with Crippen LogP contribution in [0.25, 0.3) is 11.3 Å². The Bertz CT molecular complexity index is 430. The normalized spacial score (nSPS) is 10.5. The second kappa shape index (κ2) is 4.14. The molecule has 0 amide bonds. The Labute approximate surface area is 88.5 Å². The summed E-state index contributed by atoms with van der Waals surface area (Å²) in [5.74, 6) is 0. The minimum atomic E-state index is 0.569. The van der Waals surface area contributed by atoms with Gasteiger partial charge in [0.25, 0.3) is 0 Å². The van der Waals surface area contributed by atoms with Crippen molar-refractivity contribution in [3.8, 4) is 11.3 Å². The lowest BCUT2D eigenvalue weighted by Gasteiger charge is -1.98. The lowest BCUT2D eigenvalue weighted by Crippen LogP contribution is -2.10. The Hall–Kier alpha value is -1.81. The van der Waals surface area contributed by atoms with E-state index in [1.165, 1.54) is 0 Å². The molecule has 2 aromatic rings. The number of anilines is 1. The van der Waals surface area contributed by atoms with Crippen LogP contribution in [0.4, 0.5) is 5.69 Å². The van der Waals surface area contributed by atoms with Crippen molar-refractivity contribution in [3.05, 3.63) is 36.5 Å². The van der Waals surface area contributed by atoms with E-state index in [-0.39, 0.29) is 0 Å². The molecule has 1 aromatic carbocycles. The monoisotopic (exact) mass is 201 g/mol. The molecule has 15 heavy (non-hydrogen) atoms. The maximum Gasteiger partial charge on any atom is 0.0930 e. The molecule has 0 aliphatic carbocycles. The molecule has 4 N–H and O–H groups in total. The third-order valence-corrected chi connectivity index (χ3v) is 2.13. The molecule has 0 bridgehead atoms. The first-order valence-electron chi connectivity index (χ1n) is 4.81. The average molecular weight is 201 g/mol. The molecular formula is C11H13N4. The van der Waals surface area contributed by atoms with E-state index in [4.69, 9.17) is 11.5 Å². The highest BCUT2D eigenvalue weighted by atomic mass is 15.3. The Balaban J connectivity index is 2.25. The molecule has 1 radical (unpaired) electrons. The van der Waals surface area contributed by atoms with Crippen molar-refractivity contribution in [2.24, 2.45) is 5.73 Å². The van der Waals surface area contributed by atoms with Crippen molar-refractivity contribution in [2.45, 2.75) is 6.54 Å². The highest BCUT2D eigenvalue weighted by Gasteiger charge is 2.01. The predicted molar refractivity (Wildman–Crippen MR) is 60.0 cm³/mol. The van der Waals surface area contributed by atoms with Gasteiger partial charge in [-0.2, -0.15) is 5.10 Å². The summed E-state index contributed by atoms with van der Waals surface area (Å²) in [6.07, 6.45) is 3.01. The van der Waals surface area contributed by atoms with Gasteiger partial charge in [0, 0.05) is 17.8 Å². The van der Waals surface area contributed by atoms with E-state index in [0.717, 1.165) is 16.9 Å². The first-order chi connectivity index (χ1) is 7.29. The molecule has 0 spiro atoms. The topological polar surface area (TPSA) is 69.9 Å². The van der Waals surface area contributed by atoms with Crippen molar-refractivity contribution in [3.63, 3.8) is 0 Å².